The standard InChI is InChI=1S/C30H37N3O8S4/c1-6-32(7-2)21-10-13-24-27(18-21)39-28-19-22(33(8-3)9-4)11-14-25(28)30(24)26-15-12-23(20-29(26)43-41-40-34)45(37,38)31-16-17-42-44(5,35)36/h10-15,18-20,31H,6-9,16-17H2,1-5H3/p+1. The second-order valence-electron chi connectivity index (χ2n) is 9.99. The fourth-order valence-electron chi connectivity index (χ4n) is 5.18. The van der Waals surface area contributed by atoms with Crippen LogP contribution in [0.25, 0.3) is 33.4 Å². The third-order valence-corrected chi connectivity index (χ3v) is 12.0. The number of benzene rings is 3. The Labute approximate surface area is 272 Å². The summed E-state index contributed by atoms with van der Waals surface area (Å²) in [6.45, 7) is 11.6. The van der Waals surface area contributed by atoms with Crippen molar-refractivity contribution in [2.45, 2.75) is 37.5 Å². The summed E-state index contributed by atoms with van der Waals surface area (Å²) in [5.74, 6) is 0.700. The average Bonchev–Trinajstić information content (AvgIpc) is 3.01. The zero-order chi connectivity index (χ0) is 32.8. The van der Waals surface area contributed by atoms with Gasteiger partial charge in [0, 0.05) is 70.9 Å². The second kappa shape index (κ2) is 15.3. The minimum atomic E-state index is -4.01. The van der Waals surface area contributed by atoms with Crippen LogP contribution in [0.15, 0.2) is 68.8 Å². The van der Waals surface area contributed by atoms with Gasteiger partial charge < -0.3 is 9.32 Å². The van der Waals surface area contributed by atoms with Crippen LogP contribution in [0.2, 0.25) is 0 Å². The zero-order valence-corrected chi connectivity index (χ0v) is 29.0. The Morgan fingerprint density at radius 1 is 0.933 bits per heavy atom. The Hall–Kier alpha value is -2.63. The van der Waals surface area contributed by atoms with Gasteiger partial charge in [0.1, 0.15) is 24.4 Å². The lowest BCUT2D eigenvalue weighted by molar-refractivity contribution is -0.432. The van der Waals surface area contributed by atoms with Gasteiger partial charge in [-0.05, 0) is 74.4 Å². The first-order valence-corrected chi connectivity index (χ1v) is 20.0. The maximum atomic E-state index is 13.1. The molecular formula is C30H38N3O8S4+. The number of rotatable bonds is 15. The highest BCUT2D eigenvalue weighted by molar-refractivity contribution is 8.71. The molecule has 0 aromatic heterocycles. The predicted octanol–water partition coefficient (Wildman–Crippen LogP) is 5.26. The van der Waals surface area contributed by atoms with Crippen LogP contribution in [0, 0.1) is 0 Å². The molecule has 0 bridgehead atoms. The monoisotopic (exact) mass is 696 g/mol. The van der Waals surface area contributed by atoms with Gasteiger partial charge in [-0.1, -0.05) is 11.1 Å². The Morgan fingerprint density at radius 2 is 1.64 bits per heavy atom. The van der Waals surface area contributed by atoms with Crippen LogP contribution in [0.3, 0.4) is 0 Å². The summed E-state index contributed by atoms with van der Waals surface area (Å²) >= 11 is 0.657. The topological polar surface area (TPSA) is 138 Å². The van der Waals surface area contributed by atoms with Crippen LogP contribution in [0.4, 0.5) is 5.69 Å². The third kappa shape index (κ3) is 8.40. The fraction of sp³-hybridized carbons (Fsp3) is 0.367. The van der Waals surface area contributed by atoms with Crippen molar-refractivity contribution in [3.63, 3.8) is 0 Å². The first kappa shape index (κ1) is 35.2. The van der Waals surface area contributed by atoms with E-state index in [9.17, 15) is 16.8 Å². The summed E-state index contributed by atoms with van der Waals surface area (Å²) in [6.07, 6.45) is 1.07. The van der Waals surface area contributed by atoms with Gasteiger partial charge in [0.15, 0.2) is 8.87 Å². The van der Waals surface area contributed by atoms with Crippen LogP contribution in [0.1, 0.15) is 27.7 Å². The number of fused-ring (bicyclic) bond motifs is 2. The minimum absolute atomic E-state index is 0.0513. The smallest absolute Gasteiger partial charge is 0.240 e. The third-order valence-electron chi connectivity index (χ3n) is 7.32. The largest absolute Gasteiger partial charge is 0.456 e. The summed E-state index contributed by atoms with van der Waals surface area (Å²) in [6, 6.07) is 16.6. The van der Waals surface area contributed by atoms with Crippen molar-refractivity contribution in [3.05, 3.63) is 60.0 Å². The zero-order valence-electron chi connectivity index (χ0n) is 25.8. The van der Waals surface area contributed by atoms with Gasteiger partial charge in [-0.3, -0.25) is 0 Å². The molecule has 0 unspecified atom stereocenters. The summed E-state index contributed by atoms with van der Waals surface area (Å²) in [5.41, 5.74) is 3.87. The lowest BCUT2D eigenvalue weighted by Crippen LogP contribution is -2.29. The highest BCUT2D eigenvalue weighted by Gasteiger charge is 2.24. The molecule has 45 heavy (non-hydrogen) atoms. The molecule has 1 aliphatic heterocycles. The Morgan fingerprint density at radius 3 is 2.29 bits per heavy atom. The highest BCUT2D eigenvalue weighted by Crippen LogP contribution is 2.44. The molecule has 2 aromatic carbocycles. The van der Waals surface area contributed by atoms with Crippen molar-refractivity contribution < 1.29 is 35.9 Å². The van der Waals surface area contributed by atoms with E-state index in [1.54, 1.807) is 6.07 Å². The van der Waals surface area contributed by atoms with E-state index < -0.39 is 18.9 Å². The van der Waals surface area contributed by atoms with Crippen LogP contribution in [0.5, 0.6) is 0 Å². The lowest BCUT2D eigenvalue weighted by atomic mass is 9.93. The van der Waals surface area contributed by atoms with E-state index in [0.29, 0.717) is 44.6 Å². The molecule has 15 heteroatoms. The van der Waals surface area contributed by atoms with Crippen molar-refractivity contribution in [1.29, 1.82) is 0 Å². The van der Waals surface area contributed by atoms with Gasteiger partial charge in [-0.25, -0.2) is 31.4 Å². The summed E-state index contributed by atoms with van der Waals surface area (Å²) in [7, 11) is -6.66. The van der Waals surface area contributed by atoms with Gasteiger partial charge in [-0.2, -0.15) is 0 Å². The Balaban J connectivity index is 1.94. The molecule has 2 N–H and O–H groups in total. The molecule has 244 valence electrons. The first-order chi connectivity index (χ1) is 21.5. The molecule has 0 fully saturated rings. The van der Waals surface area contributed by atoms with Crippen LogP contribution < -0.4 is 19.6 Å². The molecule has 0 amide bonds. The normalized spacial score (nSPS) is 12.2. The highest BCUT2D eigenvalue weighted by atomic mass is 33.1. The number of nitrogens with zero attached hydrogens (tertiary/aromatic N) is 2. The number of sulfonamides is 1. The van der Waals surface area contributed by atoms with Crippen molar-refractivity contribution >= 4 is 58.4 Å². The summed E-state index contributed by atoms with van der Waals surface area (Å²) in [5, 5.41) is 14.7. The van der Waals surface area contributed by atoms with E-state index >= 15 is 0 Å². The van der Waals surface area contributed by atoms with Gasteiger partial charge >= 0.3 is 0 Å². The minimum Gasteiger partial charge on any atom is -0.456 e. The quantitative estimate of drug-likeness (QED) is 0.0320. The SMILES string of the molecule is CCN(CC)c1ccc2c(-c3ccc(S(=O)(=O)NCCSS(C)(=O)=O)cc3SOOO)c3ccc(=[N+](CC)CC)cc-3oc2c1. The van der Waals surface area contributed by atoms with Crippen molar-refractivity contribution in [3.8, 4) is 22.5 Å². The van der Waals surface area contributed by atoms with Crippen LogP contribution >= 0.6 is 22.8 Å². The van der Waals surface area contributed by atoms with E-state index in [-0.39, 0.29) is 17.2 Å². The van der Waals surface area contributed by atoms with E-state index in [0.717, 1.165) is 60.0 Å². The lowest BCUT2D eigenvalue weighted by Gasteiger charge is -2.22. The maximum Gasteiger partial charge on any atom is 0.240 e. The molecule has 0 atom stereocenters. The van der Waals surface area contributed by atoms with Crippen LogP contribution in [-0.4, -0.2) is 66.8 Å². The number of anilines is 1. The number of hydrogen-bond acceptors (Lipinski definition) is 11. The molecule has 0 saturated heterocycles. The molecule has 1 aliphatic carbocycles. The van der Waals surface area contributed by atoms with Gasteiger partial charge in [-0.15, -0.1) is 4.33 Å². The van der Waals surface area contributed by atoms with E-state index in [1.807, 2.05) is 36.4 Å². The molecule has 0 saturated carbocycles. The van der Waals surface area contributed by atoms with Gasteiger partial charge in [0.05, 0.1) is 23.0 Å². The number of nitrogens with one attached hydrogen (secondary N) is 1. The number of hydrogen-bond donors (Lipinski definition) is 2. The molecular weight excluding hydrogens is 659 g/mol. The summed E-state index contributed by atoms with van der Waals surface area (Å²) in [4.78, 5) is 2.51. The molecule has 11 nitrogen and oxygen atoms in total. The van der Waals surface area contributed by atoms with E-state index in [4.69, 9.17) is 14.0 Å². The Bertz CT molecular complexity index is 1900. The molecule has 0 radical (unpaired) electrons. The molecule has 1 heterocycles. The van der Waals surface area contributed by atoms with Crippen molar-refractivity contribution in [1.82, 2.24) is 9.30 Å². The summed E-state index contributed by atoms with van der Waals surface area (Å²) < 4.78 is 65.2. The van der Waals surface area contributed by atoms with E-state index in [2.05, 4.69) is 46.9 Å². The average molecular weight is 697 g/mol. The molecule has 2 aliphatic rings. The van der Waals surface area contributed by atoms with Crippen LogP contribution in [-0.2, 0) is 28.3 Å². The maximum absolute atomic E-state index is 13.1. The van der Waals surface area contributed by atoms with Gasteiger partial charge in [0.25, 0.3) is 0 Å². The molecule has 0 spiro atoms. The van der Waals surface area contributed by atoms with Crippen molar-refractivity contribution in [2.75, 3.05) is 49.6 Å². The van der Waals surface area contributed by atoms with Gasteiger partial charge in [0.2, 0.25) is 15.4 Å². The van der Waals surface area contributed by atoms with Crippen molar-refractivity contribution in [2.24, 2.45) is 0 Å². The first-order valence-electron chi connectivity index (χ1n) is 14.4. The fourth-order valence-corrected chi connectivity index (χ4v) is 8.62. The van der Waals surface area contributed by atoms with E-state index in [1.165, 1.54) is 12.1 Å². The second-order valence-corrected chi connectivity index (χ2v) is 17.1. The molecule has 4 rings (SSSR count). The Kier molecular flexibility index (Phi) is 12.0. The molecule has 2 aromatic rings. The predicted molar refractivity (Wildman–Crippen MR) is 181 cm³/mol.